The monoisotopic (exact) mass is 236 g/mol. The number of halogens is 3. The van der Waals surface area contributed by atoms with Crippen molar-refractivity contribution < 1.29 is 23.1 Å². The maximum Gasteiger partial charge on any atom is 0.339 e. The normalized spacial score (nSPS) is 10.5. The minimum absolute atomic E-state index is 0.0457. The van der Waals surface area contributed by atoms with Crippen LogP contribution in [-0.2, 0) is 6.42 Å². The van der Waals surface area contributed by atoms with E-state index in [2.05, 4.69) is 0 Å². The Morgan fingerprint density at radius 3 is 2.20 bits per heavy atom. The van der Waals surface area contributed by atoms with E-state index in [4.69, 9.17) is 5.11 Å². The Morgan fingerprint density at radius 2 is 1.80 bits per heavy atom. The highest BCUT2D eigenvalue weighted by atomic mass is 31.0. The van der Waals surface area contributed by atoms with Crippen molar-refractivity contribution in [3.8, 4) is 0 Å². The number of aromatic carboxylic acids is 1. The van der Waals surface area contributed by atoms with Crippen molar-refractivity contribution in [2.24, 2.45) is 0 Å². The molecule has 1 unspecified atom stereocenters. The summed E-state index contributed by atoms with van der Waals surface area (Å²) in [5.74, 6) is -5.68. The molecule has 0 fully saturated rings. The van der Waals surface area contributed by atoms with Crippen LogP contribution in [0.4, 0.5) is 13.2 Å². The third-order valence-electron chi connectivity index (χ3n) is 2.02. The smallest absolute Gasteiger partial charge is 0.339 e. The van der Waals surface area contributed by atoms with Crippen molar-refractivity contribution in [3.05, 3.63) is 28.6 Å². The van der Waals surface area contributed by atoms with Crippen LogP contribution in [0.2, 0.25) is 0 Å². The van der Waals surface area contributed by atoms with Crippen LogP contribution in [0.3, 0.4) is 0 Å². The van der Waals surface area contributed by atoms with Crippen molar-refractivity contribution in [1.82, 2.24) is 0 Å². The van der Waals surface area contributed by atoms with Crippen molar-refractivity contribution in [1.29, 1.82) is 0 Å². The van der Waals surface area contributed by atoms with Gasteiger partial charge in [-0.05, 0) is 6.42 Å². The van der Waals surface area contributed by atoms with Crippen LogP contribution in [0.25, 0.3) is 0 Å². The zero-order chi connectivity index (χ0) is 11.7. The van der Waals surface area contributed by atoms with E-state index in [9.17, 15) is 18.0 Å². The van der Waals surface area contributed by atoms with E-state index in [-0.39, 0.29) is 6.42 Å². The minimum atomic E-state index is -1.70. The van der Waals surface area contributed by atoms with Gasteiger partial charge in [-0.1, -0.05) is 6.92 Å². The molecule has 0 aromatic heterocycles. The summed E-state index contributed by atoms with van der Waals surface area (Å²) in [6.45, 7) is 1.45. The molecule has 82 valence electrons. The predicted octanol–water partition coefficient (Wildman–Crippen LogP) is 1.86. The highest BCUT2D eigenvalue weighted by molar-refractivity contribution is 7.27. The lowest BCUT2D eigenvalue weighted by Crippen LogP contribution is -2.20. The third-order valence-corrected chi connectivity index (χ3v) is 2.56. The van der Waals surface area contributed by atoms with Crippen LogP contribution < -0.4 is 5.30 Å². The van der Waals surface area contributed by atoms with Crippen LogP contribution in [0.15, 0.2) is 0 Å². The molecule has 0 bridgehead atoms. The largest absolute Gasteiger partial charge is 0.478 e. The maximum atomic E-state index is 13.4. The molecule has 0 radical (unpaired) electrons. The van der Waals surface area contributed by atoms with Crippen molar-refractivity contribution in [2.45, 2.75) is 13.3 Å². The van der Waals surface area contributed by atoms with Gasteiger partial charge < -0.3 is 5.11 Å². The number of carboxylic acid groups (broad SMARTS) is 1. The number of hydrogen-bond acceptors (Lipinski definition) is 1. The quantitative estimate of drug-likeness (QED) is 0.628. The Labute approximate surface area is 86.3 Å². The van der Waals surface area contributed by atoms with Crippen LogP contribution in [0.1, 0.15) is 22.8 Å². The Kier molecular flexibility index (Phi) is 3.35. The first-order valence-electron chi connectivity index (χ1n) is 4.09. The lowest BCUT2D eigenvalue weighted by molar-refractivity contribution is 0.0691. The Morgan fingerprint density at radius 1 is 1.27 bits per heavy atom. The molecule has 1 aromatic rings. The van der Waals surface area contributed by atoms with Gasteiger partial charge >= 0.3 is 5.97 Å². The lowest BCUT2D eigenvalue weighted by atomic mass is 10.1. The Balaban J connectivity index is 3.66. The third kappa shape index (κ3) is 1.84. The molecule has 2 nitrogen and oxygen atoms in total. The molecule has 1 N–H and O–H groups in total. The zero-order valence-corrected chi connectivity index (χ0v) is 8.93. The summed E-state index contributed by atoms with van der Waals surface area (Å²) in [6.07, 6.45) is -0.0457. The molecule has 1 rings (SSSR count). The predicted molar refractivity (Wildman–Crippen MR) is 52.0 cm³/mol. The van der Waals surface area contributed by atoms with E-state index in [1.165, 1.54) is 6.92 Å². The molecule has 0 saturated carbocycles. The van der Waals surface area contributed by atoms with Crippen LogP contribution >= 0.6 is 9.24 Å². The second-order valence-corrected chi connectivity index (χ2v) is 3.45. The standard InChI is InChI=1S/C9H8F3O2P/c1-2-3-5(10)7(12)4(9(13)14)8(15)6(3)11/h2,15H2,1H3,(H,13,14). The summed E-state index contributed by atoms with van der Waals surface area (Å²) in [4.78, 5) is 10.6. The number of benzene rings is 1. The highest BCUT2D eigenvalue weighted by Gasteiger charge is 2.25. The van der Waals surface area contributed by atoms with Gasteiger partial charge in [-0.2, -0.15) is 0 Å². The molecule has 0 saturated heterocycles. The molecule has 0 heterocycles. The van der Waals surface area contributed by atoms with Gasteiger partial charge in [-0.15, -0.1) is 9.24 Å². The molecule has 0 aliphatic rings. The number of carboxylic acids is 1. The average molecular weight is 236 g/mol. The second-order valence-electron chi connectivity index (χ2n) is 2.87. The molecule has 1 atom stereocenters. The average Bonchev–Trinajstić information content (AvgIpc) is 2.16. The summed E-state index contributed by atoms with van der Waals surface area (Å²) >= 11 is 0. The summed E-state index contributed by atoms with van der Waals surface area (Å²) in [6, 6.07) is 0. The van der Waals surface area contributed by atoms with Crippen molar-refractivity contribution >= 4 is 20.5 Å². The van der Waals surface area contributed by atoms with Gasteiger partial charge in [-0.25, -0.2) is 18.0 Å². The van der Waals surface area contributed by atoms with E-state index < -0.39 is 39.9 Å². The van der Waals surface area contributed by atoms with E-state index in [1.807, 2.05) is 0 Å². The first-order valence-corrected chi connectivity index (χ1v) is 4.67. The van der Waals surface area contributed by atoms with Gasteiger partial charge in [0.25, 0.3) is 0 Å². The zero-order valence-electron chi connectivity index (χ0n) is 7.77. The number of carbonyl (C=O) groups is 1. The molecule has 15 heavy (non-hydrogen) atoms. The summed E-state index contributed by atoms with van der Waals surface area (Å²) in [5, 5.41) is 8.11. The van der Waals surface area contributed by atoms with Gasteiger partial charge in [-0.3, -0.25) is 0 Å². The van der Waals surface area contributed by atoms with Crippen molar-refractivity contribution in [3.63, 3.8) is 0 Å². The van der Waals surface area contributed by atoms with E-state index in [1.54, 1.807) is 9.24 Å². The lowest BCUT2D eigenvalue weighted by Gasteiger charge is -2.09. The summed E-state index contributed by atoms with van der Waals surface area (Å²) in [5.41, 5.74) is -1.42. The summed E-state index contributed by atoms with van der Waals surface area (Å²) in [7, 11) is 1.77. The molecule has 1 aromatic carbocycles. The fourth-order valence-electron chi connectivity index (χ4n) is 1.25. The fraction of sp³-hybridized carbons (Fsp3) is 0.222. The highest BCUT2D eigenvalue weighted by Crippen LogP contribution is 2.20. The molecule has 0 amide bonds. The number of hydrogen-bond donors (Lipinski definition) is 1. The van der Waals surface area contributed by atoms with Gasteiger partial charge in [0.1, 0.15) is 11.4 Å². The van der Waals surface area contributed by atoms with Gasteiger partial charge in [0.2, 0.25) is 0 Å². The Bertz CT molecular complexity index is 403. The van der Waals surface area contributed by atoms with Gasteiger partial charge in [0.15, 0.2) is 11.6 Å². The Hall–Kier alpha value is -1.09. The minimum Gasteiger partial charge on any atom is -0.478 e. The molecular formula is C9H8F3O2P. The van der Waals surface area contributed by atoms with E-state index in [0.717, 1.165) is 0 Å². The van der Waals surface area contributed by atoms with Gasteiger partial charge in [0, 0.05) is 10.9 Å². The van der Waals surface area contributed by atoms with Crippen LogP contribution in [-0.4, -0.2) is 11.1 Å². The van der Waals surface area contributed by atoms with Crippen molar-refractivity contribution in [2.75, 3.05) is 0 Å². The molecule has 0 spiro atoms. The maximum absolute atomic E-state index is 13.4. The second kappa shape index (κ2) is 4.19. The molecule has 0 aliphatic carbocycles. The first kappa shape index (κ1) is 12.0. The summed E-state index contributed by atoms with van der Waals surface area (Å²) < 4.78 is 39.8. The van der Waals surface area contributed by atoms with Gasteiger partial charge in [0.05, 0.1) is 0 Å². The number of rotatable bonds is 2. The van der Waals surface area contributed by atoms with E-state index >= 15 is 0 Å². The topological polar surface area (TPSA) is 37.3 Å². The SMILES string of the molecule is CCc1c(F)c(F)c(C(=O)O)c(P)c1F. The molecule has 0 aliphatic heterocycles. The fourth-order valence-corrected chi connectivity index (χ4v) is 1.67. The molecular weight excluding hydrogens is 228 g/mol. The first-order chi connectivity index (χ1) is 6.91. The molecule has 6 heteroatoms. The van der Waals surface area contributed by atoms with E-state index in [0.29, 0.717) is 0 Å². The van der Waals surface area contributed by atoms with Crippen LogP contribution in [0.5, 0.6) is 0 Å². The van der Waals surface area contributed by atoms with Crippen LogP contribution in [0, 0.1) is 17.5 Å².